The Morgan fingerprint density at radius 2 is 2.06 bits per heavy atom. The summed E-state index contributed by atoms with van der Waals surface area (Å²) in [4.78, 5) is 25.8. The van der Waals surface area contributed by atoms with Crippen molar-refractivity contribution in [1.29, 1.82) is 0 Å². The Morgan fingerprint density at radius 1 is 1.44 bits per heavy atom. The maximum atomic E-state index is 11.9. The smallest absolute Gasteiger partial charge is 0.256 e. The fourth-order valence-corrected chi connectivity index (χ4v) is 2.84. The van der Waals surface area contributed by atoms with E-state index < -0.39 is 0 Å². The number of anilines is 2. The Bertz CT molecular complexity index is 468. The molecule has 1 heterocycles. The van der Waals surface area contributed by atoms with Crippen molar-refractivity contribution in [2.45, 2.75) is 20.3 Å². The van der Waals surface area contributed by atoms with Crippen molar-refractivity contribution >= 4 is 33.7 Å². The van der Waals surface area contributed by atoms with Gasteiger partial charge in [0.25, 0.3) is 5.91 Å². The van der Waals surface area contributed by atoms with Gasteiger partial charge in [-0.2, -0.15) is 0 Å². The molecule has 0 atom stereocenters. The van der Waals surface area contributed by atoms with Crippen molar-refractivity contribution in [3.05, 3.63) is 10.4 Å². The van der Waals surface area contributed by atoms with Gasteiger partial charge in [-0.05, 0) is 6.42 Å². The van der Waals surface area contributed by atoms with Crippen LogP contribution in [0, 0.1) is 0 Å². The Kier molecular flexibility index (Phi) is 4.72. The number of hydrogen-bond donors (Lipinski definition) is 2. The molecular weight excluding hydrogens is 250 g/mol. The molecule has 0 aliphatic rings. The van der Waals surface area contributed by atoms with Crippen molar-refractivity contribution in [3.63, 3.8) is 0 Å². The third kappa shape index (κ3) is 2.64. The topological polar surface area (TPSA) is 75.4 Å². The van der Waals surface area contributed by atoms with Gasteiger partial charge in [0.15, 0.2) is 5.78 Å². The van der Waals surface area contributed by atoms with Gasteiger partial charge >= 0.3 is 0 Å². The van der Waals surface area contributed by atoms with Gasteiger partial charge in [0.1, 0.15) is 5.00 Å². The molecule has 0 saturated carbocycles. The first kappa shape index (κ1) is 14.5. The molecule has 0 unspecified atom stereocenters. The maximum Gasteiger partial charge on any atom is 0.256 e. The second-order valence-electron chi connectivity index (χ2n) is 4.08. The summed E-state index contributed by atoms with van der Waals surface area (Å²) < 4.78 is 0. The summed E-state index contributed by atoms with van der Waals surface area (Å²) in [7, 11) is 3.45. The average molecular weight is 269 g/mol. The fraction of sp³-hybridized carbons (Fsp3) is 0.500. The molecule has 0 aliphatic heterocycles. The highest BCUT2D eigenvalue weighted by Crippen LogP contribution is 2.38. The number of rotatable bonds is 5. The Balaban J connectivity index is 3.35. The summed E-state index contributed by atoms with van der Waals surface area (Å²) in [5, 5.41) is 3.31. The molecule has 0 radical (unpaired) electrons. The second-order valence-corrected chi connectivity index (χ2v) is 5.08. The SMILES string of the molecule is CCCN(C)c1sc(C(C)=O)c(N)c1C(=O)NC. The zero-order valence-corrected chi connectivity index (χ0v) is 12.0. The highest BCUT2D eigenvalue weighted by atomic mass is 32.1. The lowest BCUT2D eigenvalue weighted by Crippen LogP contribution is -2.24. The van der Waals surface area contributed by atoms with Crippen molar-refractivity contribution in [1.82, 2.24) is 5.32 Å². The van der Waals surface area contributed by atoms with E-state index in [2.05, 4.69) is 12.2 Å². The van der Waals surface area contributed by atoms with E-state index in [-0.39, 0.29) is 17.4 Å². The average Bonchev–Trinajstić information content (AvgIpc) is 2.66. The summed E-state index contributed by atoms with van der Waals surface area (Å²) in [6.07, 6.45) is 0.955. The van der Waals surface area contributed by atoms with Crippen LogP contribution in [-0.2, 0) is 0 Å². The van der Waals surface area contributed by atoms with Gasteiger partial charge in [-0.1, -0.05) is 6.92 Å². The molecule has 0 bridgehead atoms. The van der Waals surface area contributed by atoms with Crippen LogP contribution in [-0.4, -0.2) is 32.3 Å². The van der Waals surface area contributed by atoms with Crippen molar-refractivity contribution in [2.75, 3.05) is 31.3 Å². The molecule has 1 rings (SSSR count). The Morgan fingerprint density at radius 3 is 2.50 bits per heavy atom. The predicted octanol–water partition coefficient (Wildman–Crippen LogP) is 1.74. The number of Topliss-reactive ketones (excluding diaryl/α,β-unsaturated/α-hetero) is 1. The fourth-order valence-electron chi connectivity index (χ4n) is 1.74. The number of carbonyl (C=O) groups excluding carboxylic acids is 2. The van der Waals surface area contributed by atoms with Crippen LogP contribution in [0.15, 0.2) is 0 Å². The van der Waals surface area contributed by atoms with Gasteiger partial charge in [0, 0.05) is 27.6 Å². The van der Waals surface area contributed by atoms with Crippen LogP contribution in [0.25, 0.3) is 0 Å². The van der Waals surface area contributed by atoms with Crippen LogP contribution in [0.5, 0.6) is 0 Å². The number of carbonyl (C=O) groups is 2. The number of hydrogen-bond acceptors (Lipinski definition) is 5. The third-order valence-corrected chi connectivity index (χ3v) is 4.03. The van der Waals surface area contributed by atoms with Crippen LogP contribution in [0.1, 0.15) is 40.3 Å². The van der Waals surface area contributed by atoms with E-state index in [9.17, 15) is 9.59 Å². The highest BCUT2D eigenvalue weighted by molar-refractivity contribution is 7.19. The number of nitrogens with two attached hydrogens (primary N) is 1. The maximum absolute atomic E-state index is 11.9. The van der Waals surface area contributed by atoms with Gasteiger partial charge in [-0.25, -0.2) is 0 Å². The van der Waals surface area contributed by atoms with E-state index in [1.165, 1.54) is 18.3 Å². The molecule has 100 valence electrons. The monoisotopic (exact) mass is 269 g/mol. The van der Waals surface area contributed by atoms with E-state index in [0.717, 1.165) is 18.0 Å². The lowest BCUT2D eigenvalue weighted by Gasteiger charge is -2.17. The molecule has 3 N–H and O–H groups in total. The Hall–Kier alpha value is -1.56. The van der Waals surface area contributed by atoms with Gasteiger partial charge in [-0.15, -0.1) is 11.3 Å². The number of ketones is 1. The highest BCUT2D eigenvalue weighted by Gasteiger charge is 2.25. The van der Waals surface area contributed by atoms with Crippen molar-refractivity contribution in [3.8, 4) is 0 Å². The summed E-state index contributed by atoms with van der Waals surface area (Å²) in [5.41, 5.74) is 6.61. The molecule has 1 aromatic rings. The third-order valence-electron chi connectivity index (χ3n) is 2.61. The van der Waals surface area contributed by atoms with Gasteiger partial charge < -0.3 is 16.0 Å². The minimum Gasteiger partial charge on any atom is -0.397 e. The van der Waals surface area contributed by atoms with E-state index >= 15 is 0 Å². The largest absolute Gasteiger partial charge is 0.397 e. The van der Waals surface area contributed by atoms with Crippen molar-refractivity contribution < 1.29 is 9.59 Å². The summed E-state index contributed by atoms with van der Waals surface area (Å²) in [5.74, 6) is -0.368. The van der Waals surface area contributed by atoms with Crippen LogP contribution in [0.3, 0.4) is 0 Å². The number of thiophene rings is 1. The van der Waals surface area contributed by atoms with Crippen LogP contribution in [0.2, 0.25) is 0 Å². The first-order valence-corrected chi connectivity index (χ1v) is 6.62. The normalized spacial score (nSPS) is 10.2. The number of nitrogen functional groups attached to an aromatic ring is 1. The van der Waals surface area contributed by atoms with Crippen molar-refractivity contribution in [2.24, 2.45) is 0 Å². The zero-order valence-electron chi connectivity index (χ0n) is 11.2. The zero-order chi connectivity index (χ0) is 13.9. The van der Waals surface area contributed by atoms with Gasteiger partial charge in [0.05, 0.1) is 16.1 Å². The molecule has 1 amide bonds. The standard InChI is InChI=1S/C12H19N3O2S/c1-5-6-15(4)12-8(11(17)14-3)9(13)10(18-12)7(2)16/h5-6,13H2,1-4H3,(H,14,17). The lowest BCUT2D eigenvalue weighted by atomic mass is 10.2. The van der Waals surface area contributed by atoms with E-state index in [1.54, 1.807) is 7.05 Å². The lowest BCUT2D eigenvalue weighted by molar-refractivity contribution is 0.0964. The molecular formula is C12H19N3O2S. The summed E-state index contributed by atoms with van der Waals surface area (Å²) in [6, 6.07) is 0. The summed E-state index contributed by atoms with van der Waals surface area (Å²) >= 11 is 1.28. The van der Waals surface area contributed by atoms with E-state index in [0.29, 0.717) is 10.4 Å². The van der Waals surface area contributed by atoms with Crippen LogP contribution < -0.4 is 16.0 Å². The molecule has 1 aromatic heterocycles. The number of nitrogens with one attached hydrogen (secondary N) is 1. The van der Waals surface area contributed by atoms with Crippen LogP contribution in [0.4, 0.5) is 10.7 Å². The molecule has 18 heavy (non-hydrogen) atoms. The quantitative estimate of drug-likeness (QED) is 0.798. The molecule has 0 aliphatic carbocycles. The minimum atomic E-state index is -0.255. The molecule has 0 aromatic carbocycles. The van der Waals surface area contributed by atoms with E-state index in [1.807, 2.05) is 11.9 Å². The predicted molar refractivity (Wildman–Crippen MR) is 75.7 cm³/mol. The van der Waals surface area contributed by atoms with Crippen LogP contribution >= 0.6 is 11.3 Å². The first-order chi connectivity index (χ1) is 8.43. The first-order valence-electron chi connectivity index (χ1n) is 5.80. The Labute approximate surface area is 111 Å². The molecule has 0 saturated heterocycles. The molecule has 6 heteroatoms. The van der Waals surface area contributed by atoms with Gasteiger partial charge in [-0.3, -0.25) is 9.59 Å². The summed E-state index contributed by atoms with van der Waals surface area (Å²) in [6.45, 7) is 4.32. The molecule has 0 fully saturated rings. The van der Waals surface area contributed by atoms with E-state index in [4.69, 9.17) is 5.73 Å². The number of nitrogens with zero attached hydrogens (tertiary/aromatic N) is 1. The second kappa shape index (κ2) is 5.86. The van der Waals surface area contributed by atoms with Gasteiger partial charge in [0.2, 0.25) is 0 Å². The number of amides is 1. The minimum absolute atomic E-state index is 0.112. The molecule has 5 nitrogen and oxygen atoms in total. The molecule has 0 spiro atoms.